The highest BCUT2D eigenvalue weighted by molar-refractivity contribution is 5.97. The lowest BCUT2D eigenvalue weighted by Crippen LogP contribution is -2.49. The Bertz CT molecular complexity index is 518. The summed E-state index contributed by atoms with van der Waals surface area (Å²) in [6, 6.07) is 4.42. The SMILES string of the molecule is C#CCNC(=O)C(NC(=O)c1ccc(F)cc1)C(C)C. The van der Waals surface area contributed by atoms with E-state index in [-0.39, 0.29) is 18.4 Å². The summed E-state index contributed by atoms with van der Waals surface area (Å²) in [4.78, 5) is 23.9. The molecule has 0 saturated heterocycles. The van der Waals surface area contributed by atoms with Gasteiger partial charge in [0.1, 0.15) is 11.9 Å². The number of rotatable bonds is 5. The maximum atomic E-state index is 12.8. The first kappa shape index (κ1) is 15.7. The Morgan fingerprint density at radius 2 is 1.90 bits per heavy atom. The molecule has 1 unspecified atom stereocenters. The average molecular weight is 276 g/mol. The van der Waals surface area contributed by atoms with E-state index >= 15 is 0 Å². The van der Waals surface area contributed by atoms with E-state index in [2.05, 4.69) is 16.6 Å². The van der Waals surface area contributed by atoms with Crippen molar-refractivity contribution in [2.45, 2.75) is 19.9 Å². The topological polar surface area (TPSA) is 58.2 Å². The molecule has 0 radical (unpaired) electrons. The van der Waals surface area contributed by atoms with Gasteiger partial charge in [0.25, 0.3) is 5.91 Å². The van der Waals surface area contributed by atoms with Crippen LogP contribution in [0.25, 0.3) is 0 Å². The number of hydrogen-bond acceptors (Lipinski definition) is 2. The van der Waals surface area contributed by atoms with E-state index < -0.39 is 17.8 Å². The molecular formula is C15H17FN2O2. The third-order valence-electron chi connectivity index (χ3n) is 2.71. The second-order valence-electron chi connectivity index (χ2n) is 4.62. The second kappa shape index (κ2) is 7.29. The smallest absolute Gasteiger partial charge is 0.251 e. The number of benzene rings is 1. The predicted molar refractivity (Wildman–Crippen MR) is 74.3 cm³/mol. The molecule has 0 heterocycles. The van der Waals surface area contributed by atoms with Gasteiger partial charge < -0.3 is 10.6 Å². The van der Waals surface area contributed by atoms with Gasteiger partial charge in [0, 0.05) is 5.56 Å². The predicted octanol–water partition coefficient (Wildman–Crippen LogP) is 1.33. The van der Waals surface area contributed by atoms with Crippen LogP contribution in [0.5, 0.6) is 0 Å². The number of amides is 2. The lowest BCUT2D eigenvalue weighted by Gasteiger charge is -2.21. The van der Waals surface area contributed by atoms with Crippen molar-refractivity contribution in [2.24, 2.45) is 5.92 Å². The van der Waals surface area contributed by atoms with Crippen molar-refractivity contribution in [3.63, 3.8) is 0 Å². The maximum Gasteiger partial charge on any atom is 0.251 e. The largest absolute Gasteiger partial charge is 0.343 e. The van der Waals surface area contributed by atoms with Crippen LogP contribution < -0.4 is 10.6 Å². The number of terminal acetylenes is 1. The molecule has 0 aliphatic heterocycles. The van der Waals surface area contributed by atoms with E-state index in [0.717, 1.165) is 0 Å². The van der Waals surface area contributed by atoms with Gasteiger partial charge in [-0.1, -0.05) is 19.8 Å². The van der Waals surface area contributed by atoms with Crippen molar-refractivity contribution in [1.82, 2.24) is 10.6 Å². The van der Waals surface area contributed by atoms with E-state index in [4.69, 9.17) is 6.42 Å². The summed E-state index contributed by atoms with van der Waals surface area (Å²) < 4.78 is 12.8. The third-order valence-corrected chi connectivity index (χ3v) is 2.71. The Morgan fingerprint density at radius 1 is 1.30 bits per heavy atom. The van der Waals surface area contributed by atoms with Crippen LogP contribution in [0.1, 0.15) is 24.2 Å². The standard InChI is InChI=1S/C15H17FN2O2/c1-4-9-17-15(20)13(10(2)3)18-14(19)11-5-7-12(16)8-6-11/h1,5-8,10,13H,9H2,2-3H3,(H,17,20)(H,18,19). The van der Waals surface area contributed by atoms with Gasteiger partial charge in [0.15, 0.2) is 0 Å². The summed E-state index contributed by atoms with van der Waals surface area (Å²) >= 11 is 0. The van der Waals surface area contributed by atoms with Crippen molar-refractivity contribution >= 4 is 11.8 Å². The molecule has 1 aromatic carbocycles. The minimum atomic E-state index is -0.694. The Kier molecular flexibility index (Phi) is 5.73. The van der Waals surface area contributed by atoms with Crippen LogP contribution in [0.2, 0.25) is 0 Å². The van der Waals surface area contributed by atoms with Crippen LogP contribution in [-0.4, -0.2) is 24.4 Å². The van der Waals surface area contributed by atoms with Gasteiger partial charge in [-0.05, 0) is 30.2 Å². The molecule has 106 valence electrons. The molecule has 1 rings (SSSR count). The number of hydrogen-bond donors (Lipinski definition) is 2. The van der Waals surface area contributed by atoms with Crippen molar-refractivity contribution in [3.05, 3.63) is 35.6 Å². The molecule has 1 aromatic rings. The highest BCUT2D eigenvalue weighted by Crippen LogP contribution is 2.06. The van der Waals surface area contributed by atoms with Gasteiger partial charge in [-0.2, -0.15) is 0 Å². The van der Waals surface area contributed by atoms with Crippen molar-refractivity contribution in [2.75, 3.05) is 6.54 Å². The van der Waals surface area contributed by atoms with Gasteiger partial charge in [0.05, 0.1) is 6.54 Å². The number of carbonyl (C=O) groups is 2. The van der Waals surface area contributed by atoms with E-state index in [0.29, 0.717) is 5.56 Å². The fourth-order valence-corrected chi connectivity index (χ4v) is 1.61. The molecule has 0 spiro atoms. The highest BCUT2D eigenvalue weighted by atomic mass is 19.1. The second-order valence-corrected chi connectivity index (χ2v) is 4.62. The number of nitrogens with one attached hydrogen (secondary N) is 2. The van der Waals surface area contributed by atoms with Crippen molar-refractivity contribution in [1.29, 1.82) is 0 Å². The number of carbonyl (C=O) groups excluding carboxylic acids is 2. The molecule has 2 N–H and O–H groups in total. The molecule has 0 saturated carbocycles. The molecule has 0 bridgehead atoms. The summed E-state index contributed by atoms with van der Waals surface area (Å²) in [6.45, 7) is 3.73. The molecule has 0 aliphatic rings. The van der Waals surface area contributed by atoms with Gasteiger partial charge in [-0.25, -0.2) is 4.39 Å². The van der Waals surface area contributed by atoms with Crippen molar-refractivity contribution in [3.8, 4) is 12.3 Å². The highest BCUT2D eigenvalue weighted by Gasteiger charge is 2.24. The minimum Gasteiger partial charge on any atom is -0.343 e. The van der Waals surface area contributed by atoms with Crippen LogP contribution in [0, 0.1) is 24.1 Å². The molecule has 1 atom stereocenters. The monoisotopic (exact) mass is 276 g/mol. The number of halogens is 1. The van der Waals surface area contributed by atoms with E-state index in [9.17, 15) is 14.0 Å². The lowest BCUT2D eigenvalue weighted by molar-refractivity contribution is -0.123. The van der Waals surface area contributed by atoms with E-state index in [1.807, 2.05) is 13.8 Å². The zero-order valence-electron chi connectivity index (χ0n) is 11.4. The van der Waals surface area contributed by atoms with Crippen LogP contribution in [0.4, 0.5) is 4.39 Å². The Hall–Kier alpha value is -2.35. The zero-order valence-corrected chi connectivity index (χ0v) is 11.4. The first-order valence-corrected chi connectivity index (χ1v) is 6.23. The first-order valence-electron chi connectivity index (χ1n) is 6.23. The fraction of sp³-hybridized carbons (Fsp3) is 0.333. The molecule has 5 heteroatoms. The molecule has 0 fully saturated rings. The molecule has 0 aliphatic carbocycles. The third kappa shape index (κ3) is 4.39. The summed E-state index contributed by atoms with van der Waals surface area (Å²) in [5.41, 5.74) is 0.293. The summed E-state index contributed by atoms with van der Waals surface area (Å²) in [6.07, 6.45) is 5.07. The van der Waals surface area contributed by atoms with Crippen LogP contribution in [0.3, 0.4) is 0 Å². The normalized spacial score (nSPS) is 11.6. The van der Waals surface area contributed by atoms with E-state index in [1.165, 1.54) is 24.3 Å². The molecule has 2 amide bonds. The van der Waals surface area contributed by atoms with Gasteiger partial charge in [0.2, 0.25) is 5.91 Å². The van der Waals surface area contributed by atoms with Gasteiger partial charge >= 0.3 is 0 Å². The van der Waals surface area contributed by atoms with Gasteiger partial charge in [-0.15, -0.1) is 6.42 Å². The van der Waals surface area contributed by atoms with Crippen molar-refractivity contribution < 1.29 is 14.0 Å². The Morgan fingerprint density at radius 3 is 2.40 bits per heavy atom. The molecule has 20 heavy (non-hydrogen) atoms. The quantitative estimate of drug-likeness (QED) is 0.797. The first-order chi connectivity index (χ1) is 9.45. The Labute approximate surface area is 117 Å². The van der Waals surface area contributed by atoms with Crippen LogP contribution >= 0.6 is 0 Å². The minimum absolute atomic E-state index is 0.0998. The summed E-state index contributed by atoms with van der Waals surface area (Å²) in [5.74, 6) is 1.00. The fourth-order valence-electron chi connectivity index (χ4n) is 1.61. The lowest BCUT2D eigenvalue weighted by atomic mass is 10.0. The van der Waals surface area contributed by atoms with E-state index in [1.54, 1.807) is 0 Å². The zero-order chi connectivity index (χ0) is 15.1. The average Bonchev–Trinajstić information content (AvgIpc) is 2.42. The molecular weight excluding hydrogens is 259 g/mol. The molecule has 0 aromatic heterocycles. The summed E-state index contributed by atoms with van der Waals surface area (Å²) in [7, 11) is 0. The van der Waals surface area contributed by atoms with Crippen LogP contribution in [0.15, 0.2) is 24.3 Å². The Balaban J connectivity index is 2.75. The van der Waals surface area contributed by atoms with Gasteiger partial charge in [-0.3, -0.25) is 9.59 Å². The summed E-state index contributed by atoms with van der Waals surface area (Å²) in [5, 5.41) is 5.15. The maximum absolute atomic E-state index is 12.8. The van der Waals surface area contributed by atoms with Crippen LogP contribution in [-0.2, 0) is 4.79 Å². The molecule has 4 nitrogen and oxygen atoms in total.